The predicted molar refractivity (Wildman–Crippen MR) is 95.5 cm³/mol. The van der Waals surface area contributed by atoms with Gasteiger partial charge in [0.05, 0.1) is 25.5 Å². The van der Waals surface area contributed by atoms with Gasteiger partial charge in [-0.15, -0.1) is 0 Å². The Bertz CT molecular complexity index is 778. The van der Waals surface area contributed by atoms with E-state index in [1.165, 1.54) is 14.2 Å². The molecule has 10 heteroatoms. The Balaban J connectivity index is 2.43. The molecule has 0 bridgehead atoms. The van der Waals surface area contributed by atoms with Gasteiger partial charge in [-0.3, -0.25) is 4.79 Å². The number of ether oxygens (including phenoxy) is 2. The van der Waals surface area contributed by atoms with Crippen LogP contribution in [0.2, 0.25) is 0 Å². The average Bonchev–Trinajstić information content (AvgIpc) is 2.60. The van der Waals surface area contributed by atoms with Gasteiger partial charge < -0.3 is 31.6 Å². The number of methoxy groups -OCH3 is 2. The molecule has 0 aromatic carbocycles. The number of pyridine rings is 2. The molecular weight excluding hydrogens is 343 g/mol. The lowest BCUT2D eigenvalue weighted by Crippen LogP contribution is -2.26. The fourth-order valence-corrected chi connectivity index (χ4v) is 2.05. The molecule has 0 saturated carbocycles. The molecule has 2 heterocycles. The molecule has 1 amide bonds. The second-order valence-electron chi connectivity index (χ2n) is 5.50. The van der Waals surface area contributed by atoms with E-state index in [0.717, 1.165) is 6.07 Å². The van der Waals surface area contributed by atoms with Gasteiger partial charge >= 0.3 is 0 Å². The van der Waals surface area contributed by atoms with Crippen molar-refractivity contribution >= 4 is 23.2 Å². The quantitative estimate of drug-likeness (QED) is 0.549. The van der Waals surface area contributed by atoms with Crippen molar-refractivity contribution in [2.45, 2.75) is 13.0 Å². The normalized spacial score (nSPS) is 11.6. The van der Waals surface area contributed by atoms with Crippen molar-refractivity contribution in [1.29, 1.82) is 0 Å². The molecule has 0 fully saturated rings. The minimum atomic E-state index is -0.828. The highest BCUT2D eigenvalue weighted by Crippen LogP contribution is 2.27. The first kappa shape index (κ1) is 19.2. The van der Waals surface area contributed by atoms with Crippen LogP contribution in [0.1, 0.15) is 17.3 Å². The molecule has 2 rings (SSSR count). The minimum Gasteiger partial charge on any atom is -0.481 e. The van der Waals surface area contributed by atoms with E-state index >= 15 is 0 Å². The topological polar surface area (TPSA) is 137 Å². The second-order valence-corrected chi connectivity index (χ2v) is 5.50. The Morgan fingerprint density at radius 3 is 2.31 bits per heavy atom. The van der Waals surface area contributed by atoms with Gasteiger partial charge in [-0.1, -0.05) is 0 Å². The monoisotopic (exact) mass is 364 g/mol. The molecule has 0 unspecified atom stereocenters. The van der Waals surface area contributed by atoms with Crippen LogP contribution in [0, 0.1) is 5.82 Å². The Labute approximate surface area is 149 Å². The summed E-state index contributed by atoms with van der Waals surface area (Å²) < 4.78 is 24.3. The highest BCUT2D eigenvalue weighted by molar-refractivity contribution is 5.98. The number of rotatable bonds is 8. The lowest BCUT2D eigenvalue weighted by Gasteiger charge is -2.15. The molecule has 1 atom stereocenters. The van der Waals surface area contributed by atoms with Crippen LogP contribution in [0.25, 0.3) is 0 Å². The van der Waals surface area contributed by atoms with Gasteiger partial charge in [0, 0.05) is 24.7 Å². The number of halogens is 1. The fraction of sp³-hybridized carbons (Fsp3) is 0.312. The van der Waals surface area contributed by atoms with Crippen LogP contribution in [0.15, 0.2) is 18.2 Å². The summed E-state index contributed by atoms with van der Waals surface area (Å²) >= 11 is 0. The molecule has 0 spiro atoms. The summed E-state index contributed by atoms with van der Waals surface area (Å²) in [6.07, 6.45) is 0. The molecule has 0 radical (unpaired) electrons. The van der Waals surface area contributed by atoms with Crippen molar-refractivity contribution in [2.75, 3.05) is 31.4 Å². The molecule has 0 aliphatic rings. The van der Waals surface area contributed by atoms with Crippen LogP contribution in [0.3, 0.4) is 0 Å². The first-order valence-electron chi connectivity index (χ1n) is 7.71. The zero-order chi connectivity index (χ0) is 19.3. The van der Waals surface area contributed by atoms with E-state index in [1.54, 1.807) is 19.1 Å². The van der Waals surface area contributed by atoms with E-state index in [-0.39, 0.29) is 35.0 Å². The Kier molecular flexibility index (Phi) is 6.12. The van der Waals surface area contributed by atoms with E-state index in [4.69, 9.17) is 20.9 Å². The first-order valence-corrected chi connectivity index (χ1v) is 7.71. The van der Waals surface area contributed by atoms with E-state index in [1.807, 2.05) is 0 Å². The molecule has 0 saturated heterocycles. The summed E-state index contributed by atoms with van der Waals surface area (Å²) in [5.41, 5.74) is 11.3. The van der Waals surface area contributed by atoms with Crippen LogP contribution in [-0.2, 0) is 0 Å². The second kappa shape index (κ2) is 8.30. The van der Waals surface area contributed by atoms with Gasteiger partial charge in [-0.05, 0) is 13.0 Å². The Hall–Kier alpha value is -3.14. The van der Waals surface area contributed by atoms with Crippen molar-refractivity contribution < 1.29 is 18.7 Å². The molecule has 2 aromatic rings. The van der Waals surface area contributed by atoms with Crippen molar-refractivity contribution in [2.24, 2.45) is 11.5 Å². The van der Waals surface area contributed by atoms with Gasteiger partial charge in [-0.2, -0.15) is 4.98 Å². The highest BCUT2D eigenvalue weighted by atomic mass is 19.1. The van der Waals surface area contributed by atoms with E-state index in [9.17, 15) is 9.18 Å². The van der Waals surface area contributed by atoms with E-state index < -0.39 is 11.7 Å². The van der Waals surface area contributed by atoms with Crippen molar-refractivity contribution in [1.82, 2.24) is 9.97 Å². The van der Waals surface area contributed by atoms with Crippen LogP contribution in [0.4, 0.5) is 21.7 Å². The van der Waals surface area contributed by atoms with Gasteiger partial charge in [-0.25, -0.2) is 9.37 Å². The molecule has 6 N–H and O–H groups in total. The number of amides is 1. The number of hydrogen-bond acceptors (Lipinski definition) is 8. The lowest BCUT2D eigenvalue weighted by molar-refractivity contribution is 0.100. The zero-order valence-corrected chi connectivity index (χ0v) is 14.7. The summed E-state index contributed by atoms with van der Waals surface area (Å²) in [7, 11) is 2.90. The van der Waals surface area contributed by atoms with Crippen molar-refractivity contribution in [3.05, 3.63) is 29.6 Å². The van der Waals surface area contributed by atoms with Gasteiger partial charge in [0.25, 0.3) is 5.91 Å². The Morgan fingerprint density at radius 1 is 1.19 bits per heavy atom. The molecule has 9 nitrogen and oxygen atoms in total. The number of nitrogens with one attached hydrogen (secondary N) is 2. The molecule has 140 valence electrons. The smallest absolute Gasteiger partial charge is 0.252 e. The third-order valence-corrected chi connectivity index (χ3v) is 3.29. The first-order chi connectivity index (χ1) is 12.3. The number of primary amides is 1. The zero-order valence-electron chi connectivity index (χ0n) is 14.7. The number of aromatic nitrogens is 2. The molecular formula is C16H21FN6O3. The summed E-state index contributed by atoms with van der Waals surface area (Å²) in [6, 6.07) is 3.93. The summed E-state index contributed by atoms with van der Waals surface area (Å²) in [6.45, 7) is 2.06. The summed E-state index contributed by atoms with van der Waals surface area (Å²) in [5.74, 6) is -0.959. The van der Waals surface area contributed by atoms with Gasteiger partial charge in [0.1, 0.15) is 5.82 Å². The average molecular weight is 364 g/mol. The molecule has 2 aromatic heterocycles. The van der Waals surface area contributed by atoms with Crippen LogP contribution >= 0.6 is 0 Å². The van der Waals surface area contributed by atoms with Crippen molar-refractivity contribution in [3.63, 3.8) is 0 Å². The van der Waals surface area contributed by atoms with Gasteiger partial charge in [0.15, 0.2) is 11.6 Å². The molecule has 0 aliphatic heterocycles. The highest BCUT2D eigenvalue weighted by Gasteiger charge is 2.17. The maximum atomic E-state index is 14.2. The molecule has 26 heavy (non-hydrogen) atoms. The maximum Gasteiger partial charge on any atom is 0.252 e. The number of carbonyl (C=O) groups is 1. The van der Waals surface area contributed by atoms with E-state index in [0.29, 0.717) is 12.2 Å². The fourth-order valence-electron chi connectivity index (χ4n) is 2.05. The number of nitrogens with two attached hydrogens (primary N) is 2. The van der Waals surface area contributed by atoms with Gasteiger partial charge in [0.2, 0.25) is 11.8 Å². The summed E-state index contributed by atoms with van der Waals surface area (Å²) in [4.78, 5) is 19.8. The number of nitrogens with zero attached hydrogens (tertiary/aromatic N) is 2. The lowest BCUT2D eigenvalue weighted by atomic mass is 10.2. The minimum absolute atomic E-state index is 0.0530. The van der Waals surface area contributed by atoms with Crippen LogP contribution < -0.4 is 31.6 Å². The van der Waals surface area contributed by atoms with Crippen LogP contribution in [0.5, 0.6) is 11.8 Å². The van der Waals surface area contributed by atoms with Crippen molar-refractivity contribution in [3.8, 4) is 11.8 Å². The third kappa shape index (κ3) is 4.70. The molecule has 0 aliphatic carbocycles. The van der Waals surface area contributed by atoms with E-state index in [2.05, 4.69) is 20.6 Å². The summed E-state index contributed by atoms with van der Waals surface area (Å²) in [5, 5.41) is 5.69. The number of hydrogen-bond donors (Lipinski definition) is 4. The number of carbonyl (C=O) groups excluding carboxylic acids is 1. The van der Waals surface area contributed by atoms with Crippen LogP contribution in [-0.4, -0.2) is 42.7 Å². The SMILES string of the molecule is COc1cc(Nc2nc(NC[C@H](C)N)c(F)cc2C(N)=O)cc(OC)n1. The standard InChI is InChI=1S/C16H21FN6O3/c1-8(18)7-20-16-11(17)6-10(14(19)24)15(23-16)21-9-4-12(25-2)22-13(5-9)26-3/h4-6,8H,7,18H2,1-3H3,(H2,19,24)(H2,20,21,22,23)/t8-/m0/s1. The largest absolute Gasteiger partial charge is 0.481 e. The Morgan fingerprint density at radius 2 is 1.81 bits per heavy atom. The maximum absolute atomic E-state index is 14.2. The predicted octanol–water partition coefficient (Wildman–Crippen LogP) is 1.23. The third-order valence-electron chi connectivity index (χ3n) is 3.29. The number of anilines is 3.